The van der Waals surface area contributed by atoms with Gasteiger partial charge in [0.15, 0.2) is 11.5 Å². The first-order valence-electron chi connectivity index (χ1n) is 14.5. The Balaban J connectivity index is 1.57. The van der Waals surface area contributed by atoms with Crippen molar-refractivity contribution in [3.63, 3.8) is 0 Å². The van der Waals surface area contributed by atoms with E-state index in [0.29, 0.717) is 22.8 Å². The molecule has 2 aliphatic rings. The third-order valence-electron chi connectivity index (χ3n) is 8.50. The molecule has 0 radical (unpaired) electrons. The lowest BCUT2D eigenvalue weighted by atomic mass is 9.94. The van der Waals surface area contributed by atoms with E-state index in [9.17, 15) is 9.59 Å². The third kappa shape index (κ3) is 5.76. The van der Waals surface area contributed by atoms with Gasteiger partial charge in [-0.2, -0.15) is 0 Å². The van der Waals surface area contributed by atoms with Crippen LogP contribution in [0.2, 0.25) is 0 Å². The topological polar surface area (TPSA) is 92.9 Å². The number of aromatic nitrogens is 1. The van der Waals surface area contributed by atoms with Crippen molar-refractivity contribution >= 4 is 22.7 Å². The number of ether oxygens (including phenoxy) is 3. The molecule has 5 rings (SSSR count). The highest BCUT2D eigenvalue weighted by Gasteiger charge is 2.39. The van der Waals surface area contributed by atoms with Gasteiger partial charge in [-0.25, -0.2) is 0 Å². The summed E-state index contributed by atoms with van der Waals surface area (Å²) in [6.07, 6.45) is 11.2. The van der Waals surface area contributed by atoms with Crippen LogP contribution in [0.15, 0.2) is 42.6 Å². The fourth-order valence-corrected chi connectivity index (χ4v) is 6.50. The zero-order valence-corrected chi connectivity index (χ0v) is 23.8. The van der Waals surface area contributed by atoms with Gasteiger partial charge in [-0.15, -0.1) is 0 Å². The van der Waals surface area contributed by atoms with E-state index in [1.807, 2.05) is 47.5 Å². The fourth-order valence-electron chi connectivity index (χ4n) is 6.50. The molecule has 2 N–H and O–H groups in total. The first kappa shape index (κ1) is 27.9. The van der Waals surface area contributed by atoms with Crippen LogP contribution < -0.4 is 19.5 Å². The highest BCUT2D eigenvalue weighted by Crippen LogP contribution is 2.42. The lowest BCUT2D eigenvalue weighted by Gasteiger charge is -2.37. The van der Waals surface area contributed by atoms with E-state index in [4.69, 9.17) is 14.2 Å². The van der Waals surface area contributed by atoms with E-state index in [2.05, 4.69) is 10.3 Å². The summed E-state index contributed by atoms with van der Waals surface area (Å²) in [5.41, 5.74) is 2.58. The van der Waals surface area contributed by atoms with Gasteiger partial charge in [0.2, 0.25) is 17.6 Å². The number of amides is 2. The number of fused-ring (bicyclic) bond motifs is 1. The van der Waals surface area contributed by atoms with E-state index in [1.54, 1.807) is 21.3 Å². The van der Waals surface area contributed by atoms with Crippen molar-refractivity contribution in [2.24, 2.45) is 0 Å². The van der Waals surface area contributed by atoms with Gasteiger partial charge in [0.1, 0.15) is 6.04 Å². The molecule has 0 saturated heterocycles. The molecule has 0 spiro atoms. The Morgan fingerprint density at radius 2 is 1.57 bits per heavy atom. The number of rotatable bonds is 10. The van der Waals surface area contributed by atoms with Gasteiger partial charge in [0.25, 0.3) is 0 Å². The lowest BCUT2D eigenvalue weighted by Crippen LogP contribution is -2.50. The van der Waals surface area contributed by atoms with Gasteiger partial charge in [0, 0.05) is 29.2 Å². The van der Waals surface area contributed by atoms with E-state index in [0.717, 1.165) is 67.8 Å². The van der Waals surface area contributed by atoms with Gasteiger partial charge in [0.05, 0.1) is 27.8 Å². The average molecular weight is 548 g/mol. The Bertz CT molecular complexity index is 1300. The van der Waals surface area contributed by atoms with Gasteiger partial charge < -0.3 is 29.4 Å². The van der Waals surface area contributed by atoms with Crippen LogP contribution in [0, 0.1) is 0 Å². The molecule has 40 heavy (non-hydrogen) atoms. The highest BCUT2D eigenvalue weighted by molar-refractivity contribution is 5.93. The molecule has 1 atom stereocenters. The molecule has 2 fully saturated rings. The summed E-state index contributed by atoms with van der Waals surface area (Å²) in [6.45, 7) is 0. The molecule has 8 heteroatoms. The summed E-state index contributed by atoms with van der Waals surface area (Å²) >= 11 is 0. The van der Waals surface area contributed by atoms with Crippen LogP contribution in [0.4, 0.5) is 0 Å². The van der Waals surface area contributed by atoms with Crippen LogP contribution in [0.1, 0.15) is 75.0 Å². The fraction of sp³-hybridized carbons (Fsp3) is 0.500. The predicted octanol–water partition coefficient (Wildman–Crippen LogP) is 5.70. The molecular weight excluding hydrogens is 506 g/mol. The first-order chi connectivity index (χ1) is 19.5. The Labute approximate surface area is 236 Å². The Kier molecular flexibility index (Phi) is 8.82. The minimum Gasteiger partial charge on any atom is -0.493 e. The predicted molar refractivity (Wildman–Crippen MR) is 155 cm³/mol. The van der Waals surface area contributed by atoms with Crippen molar-refractivity contribution in [3.8, 4) is 17.2 Å². The monoisotopic (exact) mass is 547 g/mol. The molecule has 2 aliphatic carbocycles. The van der Waals surface area contributed by atoms with Crippen LogP contribution in [0.25, 0.3) is 10.9 Å². The van der Waals surface area contributed by atoms with E-state index in [1.165, 1.54) is 6.42 Å². The van der Waals surface area contributed by atoms with Crippen molar-refractivity contribution in [1.82, 2.24) is 15.2 Å². The number of benzene rings is 2. The molecule has 0 unspecified atom stereocenters. The molecule has 1 aromatic heterocycles. The van der Waals surface area contributed by atoms with E-state index >= 15 is 0 Å². The molecule has 2 saturated carbocycles. The molecule has 1 heterocycles. The number of hydrogen-bond donors (Lipinski definition) is 2. The second-order valence-corrected chi connectivity index (χ2v) is 11.0. The minimum absolute atomic E-state index is 0.0288. The summed E-state index contributed by atoms with van der Waals surface area (Å²) in [6, 6.07) is 10.9. The quantitative estimate of drug-likeness (QED) is 0.340. The summed E-state index contributed by atoms with van der Waals surface area (Å²) in [4.78, 5) is 33.7. The summed E-state index contributed by atoms with van der Waals surface area (Å²) in [7, 11) is 4.69. The summed E-state index contributed by atoms with van der Waals surface area (Å²) < 4.78 is 16.9. The van der Waals surface area contributed by atoms with Crippen molar-refractivity contribution in [3.05, 3.63) is 53.7 Å². The zero-order chi connectivity index (χ0) is 28.1. The molecule has 214 valence electrons. The van der Waals surface area contributed by atoms with E-state index in [-0.39, 0.29) is 30.3 Å². The van der Waals surface area contributed by atoms with Gasteiger partial charge in [-0.3, -0.25) is 9.59 Å². The number of hydrogen-bond acceptors (Lipinski definition) is 5. The Morgan fingerprint density at radius 1 is 0.925 bits per heavy atom. The number of nitrogens with zero attached hydrogens (tertiary/aromatic N) is 1. The molecule has 2 aromatic carbocycles. The second-order valence-electron chi connectivity index (χ2n) is 11.0. The smallest absolute Gasteiger partial charge is 0.247 e. The third-order valence-corrected chi connectivity index (χ3v) is 8.50. The Hall–Kier alpha value is -3.68. The SMILES string of the molecule is COc1cc([C@H](C(=O)NC2CCCCC2)N(C(=O)Cc2c[nH]c3ccccc23)C2CCCC2)cc(OC)c1OC. The van der Waals surface area contributed by atoms with Crippen LogP contribution in [-0.2, 0) is 16.0 Å². The van der Waals surface area contributed by atoms with Crippen LogP contribution in [-0.4, -0.2) is 55.1 Å². The molecule has 3 aromatic rings. The normalized spacial score (nSPS) is 17.0. The number of methoxy groups -OCH3 is 3. The van der Waals surface area contributed by atoms with Crippen molar-refractivity contribution in [1.29, 1.82) is 0 Å². The van der Waals surface area contributed by atoms with Crippen molar-refractivity contribution in [2.45, 2.75) is 82.3 Å². The maximum atomic E-state index is 14.3. The summed E-state index contributed by atoms with van der Waals surface area (Å²) in [5.74, 6) is 1.16. The molecule has 2 amide bonds. The largest absolute Gasteiger partial charge is 0.493 e. The maximum absolute atomic E-state index is 14.3. The van der Waals surface area contributed by atoms with Crippen LogP contribution in [0.3, 0.4) is 0 Å². The average Bonchev–Trinajstić information content (AvgIpc) is 3.66. The summed E-state index contributed by atoms with van der Waals surface area (Å²) in [5, 5.41) is 4.34. The highest BCUT2D eigenvalue weighted by atomic mass is 16.5. The van der Waals surface area contributed by atoms with Crippen LogP contribution >= 0.6 is 0 Å². The van der Waals surface area contributed by atoms with Crippen LogP contribution in [0.5, 0.6) is 17.2 Å². The maximum Gasteiger partial charge on any atom is 0.247 e. The number of carbonyl (C=O) groups is 2. The number of carbonyl (C=O) groups excluding carboxylic acids is 2. The lowest BCUT2D eigenvalue weighted by molar-refractivity contribution is -0.143. The minimum atomic E-state index is -0.823. The molecule has 0 aliphatic heterocycles. The molecular formula is C32H41N3O5. The number of H-pyrrole nitrogens is 1. The number of nitrogens with one attached hydrogen (secondary N) is 2. The van der Waals surface area contributed by atoms with Crippen molar-refractivity contribution < 1.29 is 23.8 Å². The van der Waals surface area contributed by atoms with E-state index < -0.39 is 6.04 Å². The standard InChI is InChI=1S/C32H41N3O5/c1-38-27-17-21(18-28(39-2)31(27)40-3)30(32(37)34-23-11-5-4-6-12-23)35(24-13-7-8-14-24)29(36)19-22-20-33-26-16-10-9-15-25(22)26/h9-10,15-18,20,23-24,30,33H,4-8,11-14,19H2,1-3H3,(H,34,37)/t30-/m1/s1. The van der Waals surface area contributed by atoms with Gasteiger partial charge in [-0.05, 0) is 55.0 Å². The first-order valence-corrected chi connectivity index (χ1v) is 14.5. The van der Waals surface area contributed by atoms with Gasteiger partial charge in [-0.1, -0.05) is 50.3 Å². The molecule has 0 bridgehead atoms. The van der Waals surface area contributed by atoms with Crippen molar-refractivity contribution in [2.75, 3.05) is 21.3 Å². The Morgan fingerprint density at radius 3 is 2.23 bits per heavy atom. The van der Waals surface area contributed by atoms with Gasteiger partial charge >= 0.3 is 0 Å². The number of aromatic amines is 1. The zero-order valence-electron chi connectivity index (χ0n) is 23.8. The molecule has 8 nitrogen and oxygen atoms in total. The second kappa shape index (κ2) is 12.7. The number of para-hydroxylation sites is 1.